The first-order valence-electron chi connectivity index (χ1n) is 9.20. The van der Waals surface area contributed by atoms with E-state index in [9.17, 15) is 9.59 Å². The highest BCUT2D eigenvalue weighted by Crippen LogP contribution is 2.14. The normalized spacial score (nSPS) is 14.6. The van der Waals surface area contributed by atoms with E-state index >= 15 is 0 Å². The molecule has 0 atom stereocenters. The number of hydrogen-bond acceptors (Lipinski definition) is 4. The topological polar surface area (TPSA) is 76.4 Å². The van der Waals surface area contributed by atoms with Crippen molar-refractivity contribution >= 4 is 23.6 Å². The van der Waals surface area contributed by atoms with Crippen molar-refractivity contribution in [2.75, 3.05) is 38.0 Å². The molecule has 0 bridgehead atoms. The molecule has 0 spiro atoms. The largest absolute Gasteiger partial charge is 0.332 e. The van der Waals surface area contributed by atoms with Crippen LogP contribution in [0.2, 0.25) is 0 Å². The van der Waals surface area contributed by atoms with Crippen molar-refractivity contribution in [2.24, 2.45) is 0 Å². The number of carbonyl (C=O) groups is 2. The van der Waals surface area contributed by atoms with Crippen molar-refractivity contribution < 1.29 is 9.59 Å². The van der Waals surface area contributed by atoms with Gasteiger partial charge < -0.3 is 10.2 Å². The average Bonchev–Trinajstić information content (AvgIpc) is 2.75. The van der Waals surface area contributed by atoms with Crippen LogP contribution in [0.5, 0.6) is 0 Å². The predicted octanol–water partition coefficient (Wildman–Crippen LogP) is 2.35. The number of anilines is 1. The third-order valence-electron chi connectivity index (χ3n) is 4.62. The molecule has 0 radical (unpaired) electrons. The third-order valence-corrected chi connectivity index (χ3v) is 4.62. The fraction of sp³-hybridized carbons (Fsp3) is 0.227. The molecule has 2 aromatic carbocycles. The van der Waals surface area contributed by atoms with Gasteiger partial charge in [-0.2, -0.15) is 5.26 Å². The van der Waals surface area contributed by atoms with Crippen LogP contribution in [0.1, 0.15) is 11.1 Å². The summed E-state index contributed by atoms with van der Waals surface area (Å²) in [5, 5.41) is 11.6. The quantitative estimate of drug-likeness (QED) is 0.834. The van der Waals surface area contributed by atoms with E-state index in [0.29, 0.717) is 37.4 Å². The van der Waals surface area contributed by atoms with Gasteiger partial charge in [-0.05, 0) is 17.7 Å². The maximum atomic E-state index is 12.4. The number of piperazine rings is 1. The fourth-order valence-electron chi connectivity index (χ4n) is 3.04. The second-order valence-corrected chi connectivity index (χ2v) is 6.52. The number of nitrogens with one attached hydrogen (secondary N) is 1. The molecule has 3 rings (SSSR count). The maximum absolute atomic E-state index is 12.4. The number of para-hydroxylation sites is 1. The summed E-state index contributed by atoms with van der Waals surface area (Å²) in [5.41, 5.74) is 1.84. The molecule has 0 saturated carbocycles. The lowest BCUT2D eigenvalue weighted by Gasteiger charge is -2.33. The van der Waals surface area contributed by atoms with E-state index in [1.807, 2.05) is 24.3 Å². The summed E-state index contributed by atoms with van der Waals surface area (Å²) in [6.07, 6.45) is 4.19. The molecule has 1 fully saturated rings. The van der Waals surface area contributed by atoms with Gasteiger partial charge in [0.05, 0.1) is 11.3 Å². The maximum Gasteiger partial charge on any atom is 0.313 e. The average molecular weight is 374 g/mol. The smallest absolute Gasteiger partial charge is 0.313 e. The van der Waals surface area contributed by atoms with Crippen molar-refractivity contribution in [3.05, 3.63) is 71.8 Å². The van der Waals surface area contributed by atoms with Crippen molar-refractivity contribution in [1.29, 1.82) is 5.26 Å². The van der Waals surface area contributed by atoms with Crippen LogP contribution in [0.15, 0.2) is 60.7 Å². The van der Waals surface area contributed by atoms with Gasteiger partial charge in [-0.25, -0.2) is 0 Å². The van der Waals surface area contributed by atoms with E-state index in [0.717, 1.165) is 12.1 Å². The van der Waals surface area contributed by atoms with Crippen molar-refractivity contribution in [2.45, 2.75) is 0 Å². The Morgan fingerprint density at radius 2 is 1.68 bits per heavy atom. The zero-order valence-electron chi connectivity index (χ0n) is 15.5. The SMILES string of the molecule is N#Cc1ccccc1NC(=O)C(=O)N1CCN(C/C=C/c2ccccc2)CC1. The number of nitriles is 1. The van der Waals surface area contributed by atoms with Crippen molar-refractivity contribution in [1.82, 2.24) is 9.80 Å². The van der Waals surface area contributed by atoms with Gasteiger partial charge in [-0.15, -0.1) is 0 Å². The summed E-state index contributed by atoms with van der Waals surface area (Å²) in [6.45, 7) is 3.25. The van der Waals surface area contributed by atoms with Crippen molar-refractivity contribution in [3.8, 4) is 6.07 Å². The molecular formula is C22H22N4O2. The van der Waals surface area contributed by atoms with E-state index in [1.165, 1.54) is 0 Å². The Kier molecular flexibility index (Phi) is 6.55. The first-order chi connectivity index (χ1) is 13.7. The van der Waals surface area contributed by atoms with Crippen LogP contribution in [0, 0.1) is 11.3 Å². The molecule has 1 heterocycles. The van der Waals surface area contributed by atoms with Gasteiger partial charge in [0.15, 0.2) is 0 Å². The third kappa shape index (κ3) is 5.06. The number of nitrogens with zero attached hydrogens (tertiary/aromatic N) is 3. The Labute approximate surface area is 164 Å². The van der Waals surface area contributed by atoms with Gasteiger partial charge in [-0.3, -0.25) is 14.5 Å². The Morgan fingerprint density at radius 3 is 2.39 bits per heavy atom. The molecular weight excluding hydrogens is 352 g/mol. The molecule has 2 amide bonds. The van der Waals surface area contributed by atoms with Gasteiger partial charge in [0.2, 0.25) is 0 Å². The zero-order chi connectivity index (χ0) is 19.8. The standard InChI is InChI=1S/C22H22N4O2/c23-17-19-10-4-5-11-20(19)24-21(27)22(28)26-15-13-25(14-16-26)12-6-9-18-7-2-1-3-8-18/h1-11H,12-16H2,(H,24,27)/b9-6+. The molecule has 0 aliphatic carbocycles. The fourth-order valence-corrected chi connectivity index (χ4v) is 3.04. The van der Waals surface area contributed by atoms with Crippen LogP contribution in [-0.2, 0) is 9.59 Å². The van der Waals surface area contributed by atoms with E-state index in [1.54, 1.807) is 29.2 Å². The molecule has 142 valence electrons. The molecule has 0 aromatic heterocycles. The molecule has 1 N–H and O–H groups in total. The first kappa shape index (κ1) is 19.3. The van der Waals surface area contributed by atoms with E-state index < -0.39 is 11.8 Å². The highest BCUT2D eigenvalue weighted by Gasteiger charge is 2.26. The number of benzene rings is 2. The second-order valence-electron chi connectivity index (χ2n) is 6.52. The molecule has 28 heavy (non-hydrogen) atoms. The van der Waals surface area contributed by atoms with E-state index in [-0.39, 0.29) is 0 Å². The molecule has 2 aromatic rings. The zero-order valence-corrected chi connectivity index (χ0v) is 15.5. The minimum atomic E-state index is -0.708. The van der Waals surface area contributed by atoms with E-state index in [4.69, 9.17) is 5.26 Å². The lowest BCUT2D eigenvalue weighted by molar-refractivity contribution is -0.144. The minimum Gasteiger partial charge on any atom is -0.332 e. The Bertz CT molecular complexity index is 894. The van der Waals surface area contributed by atoms with Gasteiger partial charge in [-0.1, -0.05) is 54.6 Å². The van der Waals surface area contributed by atoms with Gasteiger partial charge in [0, 0.05) is 32.7 Å². The number of hydrogen-bond donors (Lipinski definition) is 1. The van der Waals surface area contributed by atoms with Gasteiger partial charge in [0.1, 0.15) is 6.07 Å². The monoisotopic (exact) mass is 374 g/mol. The molecule has 1 saturated heterocycles. The predicted molar refractivity (Wildman–Crippen MR) is 108 cm³/mol. The van der Waals surface area contributed by atoms with Crippen LogP contribution in [0.25, 0.3) is 6.08 Å². The lowest BCUT2D eigenvalue weighted by atomic mass is 10.2. The van der Waals surface area contributed by atoms with Crippen LogP contribution in [0.4, 0.5) is 5.69 Å². The van der Waals surface area contributed by atoms with Gasteiger partial charge >= 0.3 is 11.8 Å². The summed E-state index contributed by atoms with van der Waals surface area (Å²) in [6, 6.07) is 18.7. The van der Waals surface area contributed by atoms with Gasteiger partial charge in [0.25, 0.3) is 0 Å². The number of carbonyl (C=O) groups excluding carboxylic acids is 2. The van der Waals surface area contributed by atoms with Crippen LogP contribution in [0.3, 0.4) is 0 Å². The second kappa shape index (κ2) is 9.49. The number of amides is 2. The molecule has 6 nitrogen and oxygen atoms in total. The molecule has 1 aliphatic heterocycles. The van der Waals surface area contributed by atoms with E-state index in [2.05, 4.69) is 34.5 Å². The summed E-state index contributed by atoms with van der Waals surface area (Å²) in [4.78, 5) is 28.5. The Morgan fingerprint density at radius 1 is 1.00 bits per heavy atom. The molecule has 6 heteroatoms. The minimum absolute atomic E-state index is 0.332. The number of rotatable bonds is 4. The summed E-state index contributed by atoms with van der Waals surface area (Å²) >= 11 is 0. The lowest BCUT2D eigenvalue weighted by Crippen LogP contribution is -2.51. The van der Waals surface area contributed by atoms with Crippen LogP contribution in [-0.4, -0.2) is 54.3 Å². The highest BCUT2D eigenvalue weighted by molar-refractivity contribution is 6.39. The highest BCUT2D eigenvalue weighted by atomic mass is 16.2. The van der Waals surface area contributed by atoms with Crippen LogP contribution >= 0.6 is 0 Å². The Hall–Kier alpha value is -3.43. The Balaban J connectivity index is 1.47. The first-order valence-corrected chi connectivity index (χ1v) is 9.20. The van der Waals surface area contributed by atoms with Crippen LogP contribution < -0.4 is 5.32 Å². The molecule has 0 unspecified atom stereocenters. The molecule has 1 aliphatic rings. The summed E-state index contributed by atoms with van der Waals surface area (Å²) in [7, 11) is 0. The summed E-state index contributed by atoms with van der Waals surface area (Å²) < 4.78 is 0. The summed E-state index contributed by atoms with van der Waals surface area (Å²) in [5.74, 6) is -1.27. The van der Waals surface area contributed by atoms with Crippen molar-refractivity contribution in [3.63, 3.8) is 0 Å².